The summed E-state index contributed by atoms with van der Waals surface area (Å²) in [5.41, 5.74) is 7.81. The van der Waals surface area contributed by atoms with Crippen molar-refractivity contribution in [3.63, 3.8) is 0 Å². The lowest BCUT2D eigenvalue weighted by atomic mass is 10.1. The topological polar surface area (TPSA) is 64.1 Å². The van der Waals surface area contributed by atoms with Crippen LogP contribution < -0.4 is 5.73 Å². The molecular formula is C10H12ClN3O. The lowest BCUT2D eigenvalue weighted by molar-refractivity contribution is 0.188. The number of hydrogen-bond acceptors (Lipinski definition) is 3. The largest absolute Gasteiger partial charge is 0.387 e. The number of aliphatic hydroxyl groups excluding tert-OH is 1. The summed E-state index contributed by atoms with van der Waals surface area (Å²) in [4.78, 5) is 4.18. The van der Waals surface area contributed by atoms with E-state index in [0.717, 1.165) is 16.6 Å². The van der Waals surface area contributed by atoms with E-state index in [1.807, 2.05) is 11.6 Å². The van der Waals surface area contributed by atoms with Gasteiger partial charge in [0.05, 0.1) is 23.5 Å². The first kappa shape index (κ1) is 10.4. The van der Waals surface area contributed by atoms with Gasteiger partial charge in [0.15, 0.2) is 0 Å². The van der Waals surface area contributed by atoms with Crippen molar-refractivity contribution in [2.45, 2.75) is 6.10 Å². The molecule has 0 aliphatic heterocycles. The predicted molar refractivity (Wildman–Crippen MR) is 59.7 cm³/mol. The Morgan fingerprint density at radius 2 is 2.33 bits per heavy atom. The molecule has 5 heteroatoms. The molecule has 0 radical (unpaired) electrons. The summed E-state index contributed by atoms with van der Waals surface area (Å²) in [5, 5.41) is 10.3. The number of aliphatic hydroxyl groups is 1. The number of aryl methyl sites for hydroxylation is 1. The van der Waals surface area contributed by atoms with Crippen LogP contribution in [-0.2, 0) is 7.05 Å². The van der Waals surface area contributed by atoms with Gasteiger partial charge in [-0.25, -0.2) is 4.98 Å². The number of benzene rings is 1. The van der Waals surface area contributed by atoms with Gasteiger partial charge in [-0.2, -0.15) is 0 Å². The molecule has 0 spiro atoms. The van der Waals surface area contributed by atoms with Gasteiger partial charge < -0.3 is 15.4 Å². The van der Waals surface area contributed by atoms with Crippen molar-refractivity contribution in [1.29, 1.82) is 0 Å². The summed E-state index contributed by atoms with van der Waals surface area (Å²) in [6.45, 7) is 0.167. The van der Waals surface area contributed by atoms with Crippen LogP contribution in [0.2, 0.25) is 5.02 Å². The summed E-state index contributed by atoms with van der Waals surface area (Å²) in [6, 6.07) is 3.49. The standard InChI is InChI=1S/C10H12ClN3O/c1-14-5-13-8-3-6(11)2-7(10(8)14)9(15)4-12/h2-3,5,9,15H,4,12H2,1H3. The first-order valence-electron chi connectivity index (χ1n) is 4.62. The molecule has 2 aromatic rings. The Labute approximate surface area is 92.3 Å². The number of imidazole rings is 1. The van der Waals surface area contributed by atoms with E-state index in [-0.39, 0.29) is 6.54 Å². The third kappa shape index (κ3) is 1.71. The molecule has 3 N–H and O–H groups in total. The molecule has 0 saturated heterocycles. The Balaban J connectivity index is 2.74. The minimum atomic E-state index is -0.707. The average molecular weight is 226 g/mol. The molecule has 1 unspecified atom stereocenters. The zero-order chi connectivity index (χ0) is 11.0. The first-order chi connectivity index (χ1) is 7.13. The van der Waals surface area contributed by atoms with E-state index in [9.17, 15) is 5.11 Å². The van der Waals surface area contributed by atoms with Crippen molar-refractivity contribution in [2.75, 3.05) is 6.54 Å². The third-order valence-electron chi connectivity index (χ3n) is 2.39. The molecular weight excluding hydrogens is 214 g/mol. The van der Waals surface area contributed by atoms with Gasteiger partial charge in [0.25, 0.3) is 0 Å². The molecule has 15 heavy (non-hydrogen) atoms. The summed E-state index contributed by atoms with van der Waals surface area (Å²) in [5.74, 6) is 0. The van der Waals surface area contributed by atoms with Crippen LogP contribution >= 0.6 is 11.6 Å². The molecule has 1 aromatic carbocycles. The molecule has 1 heterocycles. The van der Waals surface area contributed by atoms with Crippen LogP contribution in [-0.4, -0.2) is 21.2 Å². The number of aromatic nitrogens is 2. The highest BCUT2D eigenvalue weighted by Crippen LogP contribution is 2.27. The molecule has 1 aromatic heterocycles. The molecule has 80 valence electrons. The van der Waals surface area contributed by atoms with Crippen LogP contribution in [0.1, 0.15) is 11.7 Å². The number of nitrogens with two attached hydrogens (primary N) is 1. The van der Waals surface area contributed by atoms with E-state index in [4.69, 9.17) is 17.3 Å². The summed E-state index contributed by atoms with van der Waals surface area (Å²) in [6.07, 6.45) is 0.981. The minimum Gasteiger partial charge on any atom is -0.387 e. The highest BCUT2D eigenvalue weighted by Gasteiger charge is 2.14. The zero-order valence-corrected chi connectivity index (χ0v) is 9.07. The fourth-order valence-corrected chi connectivity index (χ4v) is 1.90. The molecule has 0 aliphatic carbocycles. The Kier molecular flexibility index (Phi) is 2.65. The molecule has 1 atom stereocenters. The van der Waals surface area contributed by atoms with Gasteiger partial charge >= 0.3 is 0 Å². The van der Waals surface area contributed by atoms with Crippen LogP contribution in [0.5, 0.6) is 0 Å². The van der Waals surface area contributed by atoms with E-state index in [1.165, 1.54) is 0 Å². The van der Waals surface area contributed by atoms with Gasteiger partial charge in [0.1, 0.15) is 0 Å². The molecule has 0 bridgehead atoms. The van der Waals surface area contributed by atoms with Gasteiger partial charge in [-0.1, -0.05) is 11.6 Å². The van der Waals surface area contributed by atoms with Crippen molar-refractivity contribution < 1.29 is 5.11 Å². The smallest absolute Gasteiger partial charge is 0.0955 e. The van der Waals surface area contributed by atoms with Crippen LogP contribution in [0.15, 0.2) is 18.5 Å². The van der Waals surface area contributed by atoms with Crippen LogP contribution in [0.4, 0.5) is 0 Å². The lowest BCUT2D eigenvalue weighted by Gasteiger charge is -2.11. The van der Waals surface area contributed by atoms with Crippen LogP contribution in [0.25, 0.3) is 11.0 Å². The van der Waals surface area contributed by atoms with Gasteiger partial charge in [-0.05, 0) is 12.1 Å². The Morgan fingerprint density at radius 3 is 3.00 bits per heavy atom. The fraction of sp³-hybridized carbons (Fsp3) is 0.300. The number of halogens is 1. The van der Waals surface area contributed by atoms with Gasteiger partial charge in [0, 0.05) is 24.2 Å². The van der Waals surface area contributed by atoms with E-state index in [2.05, 4.69) is 4.98 Å². The highest BCUT2D eigenvalue weighted by atomic mass is 35.5. The Bertz CT molecular complexity index is 495. The average Bonchev–Trinajstić information content (AvgIpc) is 2.58. The number of nitrogens with zero attached hydrogens (tertiary/aromatic N) is 2. The summed E-state index contributed by atoms with van der Waals surface area (Å²) in [7, 11) is 1.87. The van der Waals surface area contributed by atoms with Crippen molar-refractivity contribution >= 4 is 22.6 Å². The maximum Gasteiger partial charge on any atom is 0.0955 e. The van der Waals surface area contributed by atoms with Gasteiger partial charge in [-0.3, -0.25) is 0 Å². The fourth-order valence-electron chi connectivity index (χ4n) is 1.68. The predicted octanol–water partition coefficient (Wildman–Crippen LogP) is 1.22. The van der Waals surface area contributed by atoms with Crippen LogP contribution in [0, 0.1) is 0 Å². The SMILES string of the molecule is Cn1cnc2cc(Cl)cc(C(O)CN)c21. The normalized spacial score (nSPS) is 13.3. The van der Waals surface area contributed by atoms with Crippen molar-refractivity contribution in [3.8, 4) is 0 Å². The summed E-state index contributed by atoms with van der Waals surface area (Å²) >= 11 is 5.93. The van der Waals surface area contributed by atoms with E-state index >= 15 is 0 Å². The molecule has 0 saturated carbocycles. The zero-order valence-electron chi connectivity index (χ0n) is 8.31. The second kappa shape index (κ2) is 3.81. The maximum atomic E-state index is 9.77. The van der Waals surface area contributed by atoms with Gasteiger partial charge in [0.2, 0.25) is 0 Å². The monoisotopic (exact) mass is 225 g/mol. The second-order valence-corrected chi connectivity index (χ2v) is 3.91. The highest BCUT2D eigenvalue weighted by molar-refractivity contribution is 6.31. The quantitative estimate of drug-likeness (QED) is 0.808. The van der Waals surface area contributed by atoms with Crippen molar-refractivity contribution in [1.82, 2.24) is 9.55 Å². The van der Waals surface area contributed by atoms with Crippen molar-refractivity contribution in [3.05, 3.63) is 29.0 Å². The van der Waals surface area contributed by atoms with Crippen LogP contribution in [0.3, 0.4) is 0 Å². The van der Waals surface area contributed by atoms with Crippen molar-refractivity contribution in [2.24, 2.45) is 12.8 Å². The first-order valence-corrected chi connectivity index (χ1v) is 5.00. The summed E-state index contributed by atoms with van der Waals surface area (Å²) < 4.78 is 1.85. The van der Waals surface area contributed by atoms with E-state index < -0.39 is 6.10 Å². The Hall–Kier alpha value is -1.10. The molecule has 0 fully saturated rings. The second-order valence-electron chi connectivity index (χ2n) is 3.47. The lowest BCUT2D eigenvalue weighted by Crippen LogP contribution is -2.12. The number of fused-ring (bicyclic) bond motifs is 1. The van der Waals surface area contributed by atoms with E-state index in [1.54, 1.807) is 18.5 Å². The third-order valence-corrected chi connectivity index (χ3v) is 2.61. The molecule has 4 nitrogen and oxygen atoms in total. The number of hydrogen-bond donors (Lipinski definition) is 2. The molecule has 0 amide bonds. The molecule has 0 aliphatic rings. The number of rotatable bonds is 2. The van der Waals surface area contributed by atoms with E-state index in [0.29, 0.717) is 5.02 Å². The minimum absolute atomic E-state index is 0.167. The maximum absolute atomic E-state index is 9.77. The molecule has 2 rings (SSSR count). The Morgan fingerprint density at radius 1 is 1.60 bits per heavy atom. The van der Waals surface area contributed by atoms with Gasteiger partial charge in [-0.15, -0.1) is 0 Å².